The monoisotopic (exact) mass is 595 g/mol. The molecule has 3 heterocycles. The Kier molecular flexibility index (Phi) is 6.41. The van der Waals surface area contributed by atoms with E-state index >= 15 is 0 Å². The lowest BCUT2D eigenvalue weighted by Crippen LogP contribution is -2.38. The van der Waals surface area contributed by atoms with Crippen LogP contribution in [0.5, 0.6) is 5.75 Å². The maximum Gasteiger partial charge on any atom is 0.281 e. The van der Waals surface area contributed by atoms with E-state index < -0.39 is 4.92 Å². The number of aromatic nitrogens is 1. The van der Waals surface area contributed by atoms with Crippen molar-refractivity contribution in [1.29, 1.82) is 0 Å². The molecular formula is C32H22ClN3O5S. The number of methoxy groups -OCH3 is 1. The molecule has 2 aliphatic rings. The Morgan fingerprint density at radius 1 is 1.07 bits per heavy atom. The molecule has 10 heteroatoms. The fraction of sp³-hybridized carbons (Fsp3) is 0.125. The number of allylic oxidation sites excluding steroid dienone is 1. The number of fused-ring (bicyclic) bond motifs is 3. The number of ether oxygens (including phenoxy) is 1. The van der Waals surface area contributed by atoms with Crippen molar-refractivity contribution < 1.29 is 14.1 Å². The van der Waals surface area contributed by atoms with E-state index in [-0.39, 0.29) is 22.3 Å². The molecule has 1 aliphatic heterocycles. The summed E-state index contributed by atoms with van der Waals surface area (Å²) in [5.74, 6) is 1.44. The second-order valence-corrected chi connectivity index (χ2v) is 11.5. The van der Waals surface area contributed by atoms with Gasteiger partial charge in [-0.25, -0.2) is 4.99 Å². The summed E-state index contributed by atoms with van der Waals surface area (Å²) in [6, 6.07) is 23.5. The molecule has 42 heavy (non-hydrogen) atoms. The van der Waals surface area contributed by atoms with Gasteiger partial charge in [0.2, 0.25) is 0 Å². The second kappa shape index (κ2) is 10.3. The molecule has 0 saturated carbocycles. The van der Waals surface area contributed by atoms with Gasteiger partial charge in [0.05, 0.1) is 33.9 Å². The normalized spacial score (nSPS) is 16.0. The quantitative estimate of drug-likeness (QED) is 0.179. The highest BCUT2D eigenvalue weighted by molar-refractivity contribution is 7.07. The summed E-state index contributed by atoms with van der Waals surface area (Å²) in [7, 11) is 1.63. The van der Waals surface area contributed by atoms with E-state index in [0.29, 0.717) is 26.4 Å². The van der Waals surface area contributed by atoms with Crippen molar-refractivity contribution in [2.24, 2.45) is 4.99 Å². The van der Waals surface area contributed by atoms with E-state index in [0.717, 1.165) is 41.0 Å². The number of hydrogen-bond donors (Lipinski definition) is 0. The first kappa shape index (κ1) is 26.2. The smallest absolute Gasteiger partial charge is 0.281 e. The molecule has 0 fully saturated rings. The van der Waals surface area contributed by atoms with Crippen molar-refractivity contribution in [3.8, 4) is 17.1 Å². The summed E-state index contributed by atoms with van der Waals surface area (Å²) in [5.41, 5.74) is 5.29. The van der Waals surface area contributed by atoms with E-state index in [2.05, 4.69) is 12.1 Å². The molecule has 0 radical (unpaired) electrons. The summed E-state index contributed by atoms with van der Waals surface area (Å²) >= 11 is 7.27. The van der Waals surface area contributed by atoms with Crippen LogP contribution in [0.3, 0.4) is 0 Å². The molecule has 5 aromatic rings. The van der Waals surface area contributed by atoms with Crippen LogP contribution >= 0.6 is 22.9 Å². The number of nitro benzene ring substituents is 1. The highest BCUT2D eigenvalue weighted by Gasteiger charge is 2.32. The minimum Gasteiger partial charge on any atom is -0.497 e. The van der Waals surface area contributed by atoms with Gasteiger partial charge in [-0.1, -0.05) is 59.3 Å². The van der Waals surface area contributed by atoms with Crippen LogP contribution in [0.4, 0.5) is 5.69 Å². The topological polar surface area (TPSA) is 99.9 Å². The minimum atomic E-state index is -0.499. The number of aryl methyl sites for hydroxylation is 1. The number of nitro groups is 1. The zero-order valence-corrected chi connectivity index (χ0v) is 23.8. The maximum atomic E-state index is 14.0. The van der Waals surface area contributed by atoms with Gasteiger partial charge in [-0.15, -0.1) is 0 Å². The van der Waals surface area contributed by atoms with Gasteiger partial charge in [0, 0.05) is 22.7 Å². The van der Waals surface area contributed by atoms with E-state index in [1.54, 1.807) is 42.0 Å². The molecule has 0 N–H and O–H groups in total. The first-order valence-electron chi connectivity index (χ1n) is 13.2. The molecule has 1 aliphatic carbocycles. The van der Waals surface area contributed by atoms with Crippen molar-refractivity contribution in [2.45, 2.75) is 18.9 Å². The highest BCUT2D eigenvalue weighted by Crippen LogP contribution is 2.41. The average molecular weight is 596 g/mol. The summed E-state index contributed by atoms with van der Waals surface area (Å²) in [4.78, 5) is 30.7. The number of rotatable bonds is 5. The molecule has 2 aromatic heterocycles. The molecule has 1 atom stereocenters. The number of furan rings is 1. The van der Waals surface area contributed by atoms with Gasteiger partial charge in [-0.3, -0.25) is 19.5 Å². The van der Waals surface area contributed by atoms with Gasteiger partial charge < -0.3 is 9.15 Å². The maximum absolute atomic E-state index is 14.0. The van der Waals surface area contributed by atoms with Crippen molar-refractivity contribution in [1.82, 2.24) is 4.57 Å². The first-order valence-corrected chi connectivity index (χ1v) is 14.4. The number of thiazole rings is 1. The van der Waals surface area contributed by atoms with Crippen LogP contribution in [0.1, 0.15) is 34.9 Å². The molecule has 0 bridgehead atoms. The zero-order valence-electron chi connectivity index (χ0n) is 22.2. The summed E-state index contributed by atoms with van der Waals surface area (Å²) in [6.07, 6.45) is 3.32. The van der Waals surface area contributed by atoms with E-state index in [1.807, 2.05) is 36.4 Å². The number of hydrogen-bond acceptors (Lipinski definition) is 7. The van der Waals surface area contributed by atoms with Crippen LogP contribution in [0, 0.1) is 10.1 Å². The number of halogens is 1. The molecule has 7 rings (SSSR count). The number of benzene rings is 3. The lowest BCUT2D eigenvalue weighted by molar-refractivity contribution is -0.384. The van der Waals surface area contributed by atoms with Crippen molar-refractivity contribution >= 4 is 40.4 Å². The fourth-order valence-corrected chi connectivity index (χ4v) is 6.82. The van der Waals surface area contributed by atoms with Crippen LogP contribution in [-0.2, 0) is 6.42 Å². The zero-order chi connectivity index (χ0) is 29.0. The Morgan fingerprint density at radius 2 is 1.88 bits per heavy atom. The third-order valence-electron chi connectivity index (χ3n) is 7.63. The van der Waals surface area contributed by atoms with Gasteiger partial charge in [0.15, 0.2) is 4.80 Å². The first-order chi connectivity index (χ1) is 20.4. The van der Waals surface area contributed by atoms with Crippen molar-refractivity contribution in [2.75, 3.05) is 7.11 Å². The molecule has 0 saturated heterocycles. The van der Waals surface area contributed by atoms with E-state index in [4.69, 9.17) is 25.7 Å². The van der Waals surface area contributed by atoms with Gasteiger partial charge in [0.1, 0.15) is 17.3 Å². The Balaban J connectivity index is 1.38. The predicted octanol–water partition coefficient (Wildman–Crippen LogP) is 6.15. The van der Waals surface area contributed by atoms with Gasteiger partial charge >= 0.3 is 0 Å². The Labute approximate surface area is 248 Å². The van der Waals surface area contributed by atoms with Gasteiger partial charge in [-0.05, 0) is 65.9 Å². The second-order valence-electron chi connectivity index (χ2n) is 10.0. The van der Waals surface area contributed by atoms with Crippen LogP contribution < -0.4 is 19.6 Å². The van der Waals surface area contributed by atoms with E-state index in [9.17, 15) is 14.9 Å². The Bertz CT molecular complexity index is 2110. The Morgan fingerprint density at radius 3 is 2.67 bits per heavy atom. The SMILES string of the molecule is COc1ccc([C@H]2C3=C(N=c4s/c(=C/c5ccc(-c6ccc(Cl)cc6[N+](=O)[O-])o5)c(=O)n42)c2ccccc2CC3)cc1. The molecule has 0 spiro atoms. The minimum absolute atomic E-state index is 0.159. The highest BCUT2D eigenvalue weighted by atomic mass is 35.5. The Hall–Kier alpha value is -4.73. The van der Waals surface area contributed by atoms with E-state index in [1.165, 1.54) is 23.0 Å². The summed E-state index contributed by atoms with van der Waals surface area (Å²) in [5, 5.41) is 11.9. The fourth-order valence-electron chi connectivity index (χ4n) is 5.68. The van der Waals surface area contributed by atoms with Crippen LogP contribution in [0.15, 0.2) is 98.6 Å². The third kappa shape index (κ3) is 4.38. The molecule has 208 valence electrons. The average Bonchev–Trinajstić information content (AvgIpc) is 3.60. The lowest BCUT2D eigenvalue weighted by Gasteiger charge is -2.30. The van der Waals surface area contributed by atoms with Gasteiger partial charge in [-0.2, -0.15) is 0 Å². The lowest BCUT2D eigenvalue weighted by atomic mass is 9.83. The van der Waals surface area contributed by atoms with Crippen molar-refractivity contribution in [3.05, 3.63) is 142 Å². The van der Waals surface area contributed by atoms with Gasteiger partial charge in [0.25, 0.3) is 11.2 Å². The van der Waals surface area contributed by atoms with Crippen LogP contribution in [-0.4, -0.2) is 16.6 Å². The molecule has 0 unspecified atom stereocenters. The molecule has 0 amide bonds. The molecular weight excluding hydrogens is 574 g/mol. The van der Waals surface area contributed by atoms with Crippen LogP contribution in [0.25, 0.3) is 23.1 Å². The predicted molar refractivity (Wildman–Crippen MR) is 162 cm³/mol. The largest absolute Gasteiger partial charge is 0.497 e. The number of nitrogens with zero attached hydrogens (tertiary/aromatic N) is 3. The third-order valence-corrected chi connectivity index (χ3v) is 8.84. The van der Waals surface area contributed by atoms with Crippen LogP contribution in [0.2, 0.25) is 5.02 Å². The van der Waals surface area contributed by atoms with Crippen molar-refractivity contribution in [3.63, 3.8) is 0 Å². The summed E-state index contributed by atoms with van der Waals surface area (Å²) in [6.45, 7) is 0. The molecule has 8 nitrogen and oxygen atoms in total. The summed E-state index contributed by atoms with van der Waals surface area (Å²) < 4.78 is 13.6. The molecule has 3 aromatic carbocycles. The standard InChI is InChI=1S/C32H22ClN3O5S/c1-40-21-10-6-19(7-11-21)30-25-13-8-18-4-2-3-5-23(18)29(25)34-32-35(30)31(37)28(42-32)17-22-12-15-27(41-22)24-14-9-20(33)16-26(24)36(38)39/h2-7,9-12,14-17,30H,8,13H2,1H3/b28-17+/t30-/m0/s1.